The average molecular weight is 429 g/mol. The molecule has 166 valence electrons. The van der Waals surface area contributed by atoms with Crippen molar-refractivity contribution < 1.29 is 9.47 Å². The third kappa shape index (κ3) is 3.66. The third-order valence-electron chi connectivity index (χ3n) is 7.29. The van der Waals surface area contributed by atoms with Gasteiger partial charge in [0, 0.05) is 11.1 Å². The molecule has 2 aliphatic heterocycles. The molecule has 32 heavy (non-hydrogen) atoms. The SMILES string of the molecule is CC[C@H](C)[C@H]1COC(c2cccc3cc4cccc(C5=N[C@@H]([C@@H](C)CC)CO5)c4cc23)=N1. The Balaban J connectivity index is 1.62. The average Bonchev–Trinajstić information content (AvgIpc) is 3.51. The second-order valence-corrected chi connectivity index (χ2v) is 9.30. The maximum Gasteiger partial charge on any atom is 0.217 e. The van der Waals surface area contributed by atoms with Crippen LogP contribution in [0.5, 0.6) is 0 Å². The topological polar surface area (TPSA) is 43.2 Å². The van der Waals surface area contributed by atoms with E-state index >= 15 is 0 Å². The predicted octanol–water partition coefficient (Wildman–Crippen LogP) is 6.38. The fourth-order valence-electron chi connectivity index (χ4n) is 4.63. The molecule has 0 unspecified atom stereocenters. The number of benzene rings is 3. The van der Waals surface area contributed by atoms with Gasteiger partial charge in [0.1, 0.15) is 13.2 Å². The van der Waals surface area contributed by atoms with E-state index < -0.39 is 0 Å². The molecule has 3 aromatic carbocycles. The fourth-order valence-corrected chi connectivity index (χ4v) is 4.63. The summed E-state index contributed by atoms with van der Waals surface area (Å²) in [6.45, 7) is 10.3. The minimum atomic E-state index is 0.236. The lowest BCUT2D eigenvalue weighted by Gasteiger charge is -2.11. The van der Waals surface area contributed by atoms with E-state index in [1.807, 2.05) is 0 Å². The number of ether oxygens (including phenoxy) is 2. The van der Waals surface area contributed by atoms with Crippen molar-refractivity contribution >= 4 is 33.3 Å². The fraction of sp³-hybridized carbons (Fsp3) is 0.429. The van der Waals surface area contributed by atoms with Gasteiger partial charge >= 0.3 is 0 Å². The summed E-state index contributed by atoms with van der Waals surface area (Å²) in [4.78, 5) is 9.89. The van der Waals surface area contributed by atoms with Crippen LogP contribution >= 0.6 is 0 Å². The number of nitrogens with zero attached hydrogens (tertiary/aromatic N) is 2. The zero-order valence-electron chi connectivity index (χ0n) is 19.5. The first-order chi connectivity index (χ1) is 15.6. The second kappa shape index (κ2) is 8.57. The van der Waals surface area contributed by atoms with Gasteiger partial charge in [-0.05, 0) is 57.6 Å². The lowest BCUT2D eigenvalue weighted by atomic mass is 9.96. The normalized spacial score (nSPS) is 22.4. The van der Waals surface area contributed by atoms with Gasteiger partial charge in [-0.2, -0.15) is 0 Å². The van der Waals surface area contributed by atoms with Gasteiger partial charge in [0.05, 0.1) is 12.1 Å². The van der Waals surface area contributed by atoms with Crippen LogP contribution in [0, 0.1) is 11.8 Å². The van der Waals surface area contributed by atoms with Crippen LogP contribution in [0.3, 0.4) is 0 Å². The molecule has 4 atom stereocenters. The summed E-state index contributed by atoms with van der Waals surface area (Å²) in [5, 5.41) is 4.70. The largest absolute Gasteiger partial charge is 0.475 e. The molecule has 0 radical (unpaired) electrons. The highest BCUT2D eigenvalue weighted by molar-refractivity contribution is 6.15. The number of rotatable bonds is 6. The molecule has 0 saturated carbocycles. The highest BCUT2D eigenvalue weighted by atomic mass is 16.5. The molecule has 3 aromatic rings. The number of hydrogen-bond donors (Lipinski definition) is 0. The Bertz CT molecular complexity index is 1120. The summed E-state index contributed by atoms with van der Waals surface area (Å²) in [5.41, 5.74) is 2.13. The monoisotopic (exact) mass is 428 g/mol. The molecule has 2 heterocycles. The smallest absolute Gasteiger partial charge is 0.217 e. The Morgan fingerprint density at radius 2 is 1.22 bits per heavy atom. The molecule has 2 aliphatic rings. The zero-order chi connectivity index (χ0) is 22.2. The molecule has 0 fully saturated rings. The second-order valence-electron chi connectivity index (χ2n) is 9.30. The zero-order valence-corrected chi connectivity index (χ0v) is 19.5. The van der Waals surface area contributed by atoms with Gasteiger partial charge in [-0.3, -0.25) is 0 Å². The van der Waals surface area contributed by atoms with E-state index in [0.717, 1.165) is 46.5 Å². The van der Waals surface area contributed by atoms with E-state index in [9.17, 15) is 0 Å². The molecular weight excluding hydrogens is 396 g/mol. The molecular formula is C28H32N2O2. The summed E-state index contributed by atoms with van der Waals surface area (Å²) >= 11 is 0. The van der Waals surface area contributed by atoms with Crippen LogP contribution in [-0.2, 0) is 9.47 Å². The third-order valence-corrected chi connectivity index (χ3v) is 7.29. The van der Waals surface area contributed by atoms with E-state index in [2.05, 4.69) is 76.2 Å². The lowest BCUT2D eigenvalue weighted by Crippen LogP contribution is -2.16. The molecule has 0 aromatic heterocycles. The maximum atomic E-state index is 6.08. The molecule has 0 N–H and O–H groups in total. The van der Waals surface area contributed by atoms with Crippen molar-refractivity contribution in [1.82, 2.24) is 0 Å². The first-order valence-corrected chi connectivity index (χ1v) is 12.0. The van der Waals surface area contributed by atoms with Crippen molar-refractivity contribution in [1.29, 1.82) is 0 Å². The van der Waals surface area contributed by atoms with Crippen molar-refractivity contribution in [3.63, 3.8) is 0 Å². The van der Waals surface area contributed by atoms with Gasteiger partial charge in [-0.15, -0.1) is 0 Å². The molecule has 0 aliphatic carbocycles. The van der Waals surface area contributed by atoms with Gasteiger partial charge in [-0.1, -0.05) is 64.8 Å². The minimum absolute atomic E-state index is 0.236. The van der Waals surface area contributed by atoms with E-state index in [1.54, 1.807) is 0 Å². The number of hydrogen-bond acceptors (Lipinski definition) is 4. The molecule has 0 bridgehead atoms. The van der Waals surface area contributed by atoms with Crippen molar-refractivity contribution in [3.05, 3.63) is 59.7 Å². The lowest BCUT2D eigenvalue weighted by molar-refractivity contribution is 0.282. The van der Waals surface area contributed by atoms with E-state index in [0.29, 0.717) is 25.0 Å². The van der Waals surface area contributed by atoms with Crippen LogP contribution in [0.4, 0.5) is 0 Å². The van der Waals surface area contributed by atoms with Crippen LogP contribution < -0.4 is 0 Å². The van der Waals surface area contributed by atoms with Crippen molar-refractivity contribution in [2.75, 3.05) is 13.2 Å². The summed E-state index contributed by atoms with van der Waals surface area (Å²) in [7, 11) is 0. The summed E-state index contributed by atoms with van der Waals surface area (Å²) in [6, 6.07) is 17.7. The van der Waals surface area contributed by atoms with Crippen LogP contribution in [0.2, 0.25) is 0 Å². The van der Waals surface area contributed by atoms with Crippen LogP contribution in [0.15, 0.2) is 58.5 Å². The van der Waals surface area contributed by atoms with Gasteiger partial charge < -0.3 is 9.47 Å². The predicted molar refractivity (Wildman–Crippen MR) is 133 cm³/mol. The van der Waals surface area contributed by atoms with Crippen molar-refractivity contribution in [2.24, 2.45) is 21.8 Å². The van der Waals surface area contributed by atoms with Gasteiger partial charge in [0.15, 0.2) is 0 Å². The molecule has 4 heteroatoms. The van der Waals surface area contributed by atoms with Crippen LogP contribution in [0.25, 0.3) is 21.5 Å². The molecule has 0 spiro atoms. The molecule has 0 amide bonds. The first kappa shape index (κ1) is 21.0. The summed E-state index contributed by atoms with van der Waals surface area (Å²) in [5.74, 6) is 2.57. The van der Waals surface area contributed by atoms with Crippen molar-refractivity contribution in [3.8, 4) is 0 Å². The van der Waals surface area contributed by atoms with Gasteiger partial charge in [0.25, 0.3) is 0 Å². The number of fused-ring (bicyclic) bond motifs is 2. The Morgan fingerprint density at radius 3 is 1.66 bits per heavy atom. The first-order valence-electron chi connectivity index (χ1n) is 12.0. The molecule has 4 nitrogen and oxygen atoms in total. The maximum absolute atomic E-state index is 6.08. The van der Waals surface area contributed by atoms with Gasteiger partial charge in [0.2, 0.25) is 11.8 Å². The molecule has 5 rings (SSSR count). The Hall–Kier alpha value is -2.88. The summed E-state index contributed by atoms with van der Waals surface area (Å²) < 4.78 is 12.2. The Kier molecular flexibility index (Phi) is 5.62. The molecule has 0 saturated heterocycles. The standard InChI is InChI=1S/C28H32N2O2/c1-5-17(3)25-15-31-27(29-25)21-11-7-9-19-13-20-10-8-12-22(24(20)14-23(19)21)28-30-26(16-32-28)18(4)6-2/h7-14,17-18,25-26H,5-6,15-16H2,1-4H3/t17-,18-,25+,26+/m0/s1. The Morgan fingerprint density at radius 1 is 0.750 bits per heavy atom. The van der Waals surface area contributed by atoms with Gasteiger partial charge in [-0.25, -0.2) is 9.98 Å². The van der Waals surface area contributed by atoms with Crippen LogP contribution in [-0.4, -0.2) is 37.1 Å². The van der Waals surface area contributed by atoms with Crippen LogP contribution in [0.1, 0.15) is 51.7 Å². The quantitative estimate of drug-likeness (QED) is 0.428. The number of aliphatic imine (C=N–C) groups is 2. The van der Waals surface area contributed by atoms with Crippen molar-refractivity contribution in [2.45, 2.75) is 52.6 Å². The summed E-state index contributed by atoms with van der Waals surface area (Å²) in [6.07, 6.45) is 2.21. The van der Waals surface area contributed by atoms with E-state index in [4.69, 9.17) is 19.5 Å². The Labute approximate surface area is 190 Å². The highest BCUT2D eigenvalue weighted by Gasteiger charge is 2.27. The minimum Gasteiger partial charge on any atom is -0.475 e. The van der Waals surface area contributed by atoms with E-state index in [1.165, 1.54) is 10.8 Å². The highest BCUT2D eigenvalue weighted by Crippen LogP contribution is 2.31. The van der Waals surface area contributed by atoms with E-state index in [-0.39, 0.29) is 12.1 Å².